The Morgan fingerprint density at radius 3 is 3.00 bits per heavy atom. The lowest BCUT2D eigenvalue weighted by Crippen LogP contribution is -2.35. The Balaban J connectivity index is 1.70. The van der Waals surface area contributed by atoms with Crippen LogP contribution < -0.4 is 5.32 Å². The summed E-state index contributed by atoms with van der Waals surface area (Å²) in [4.78, 5) is 4.58. The second-order valence-electron chi connectivity index (χ2n) is 4.10. The van der Waals surface area contributed by atoms with E-state index in [2.05, 4.69) is 17.2 Å². The van der Waals surface area contributed by atoms with Gasteiger partial charge in [0.15, 0.2) is 5.17 Å². The first kappa shape index (κ1) is 9.38. The van der Waals surface area contributed by atoms with E-state index in [1.54, 1.807) is 0 Å². The van der Waals surface area contributed by atoms with Gasteiger partial charge in [-0.15, -0.1) is 0 Å². The van der Waals surface area contributed by atoms with E-state index >= 15 is 0 Å². The SMILES string of the molecule is CC1CCSC(=NCCC2CC2)N1. The largest absolute Gasteiger partial charge is 0.362 e. The number of nitrogens with zero attached hydrogens (tertiary/aromatic N) is 1. The van der Waals surface area contributed by atoms with Gasteiger partial charge in [0.1, 0.15) is 0 Å². The molecule has 2 nitrogen and oxygen atoms in total. The Morgan fingerprint density at radius 2 is 2.31 bits per heavy atom. The fourth-order valence-electron chi connectivity index (χ4n) is 1.50. The molecule has 1 unspecified atom stereocenters. The molecule has 13 heavy (non-hydrogen) atoms. The standard InChI is InChI=1S/C10H18N2S/c1-8-5-7-13-10(12-8)11-6-4-9-2-3-9/h8-9H,2-7H2,1H3,(H,11,12). The topological polar surface area (TPSA) is 24.4 Å². The summed E-state index contributed by atoms with van der Waals surface area (Å²) in [6, 6.07) is 0.626. The predicted molar refractivity (Wildman–Crippen MR) is 59.3 cm³/mol. The summed E-state index contributed by atoms with van der Waals surface area (Å²) >= 11 is 1.88. The Bertz CT molecular complexity index is 199. The first-order valence-corrected chi connectivity index (χ1v) is 6.27. The van der Waals surface area contributed by atoms with Crippen molar-refractivity contribution in [3.05, 3.63) is 0 Å². The van der Waals surface area contributed by atoms with Crippen LogP contribution >= 0.6 is 11.8 Å². The molecule has 0 bridgehead atoms. The van der Waals surface area contributed by atoms with Crippen molar-refractivity contribution in [3.63, 3.8) is 0 Å². The second-order valence-corrected chi connectivity index (χ2v) is 5.19. The average Bonchev–Trinajstić information content (AvgIpc) is 2.88. The monoisotopic (exact) mass is 198 g/mol. The van der Waals surface area contributed by atoms with Crippen molar-refractivity contribution < 1.29 is 0 Å². The van der Waals surface area contributed by atoms with Crippen LogP contribution in [0.1, 0.15) is 32.6 Å². The van der Waals surface area contributed by atoms with Crippen LogP contribution in [0.3, 0.4) is 0 Å². The summed E-state index contributed by atoms with van der Waals surface area (Å²) in [6.45, 7) is 3.27. The molecule has 1 aliphatic carbocycles. The van der Waals surface area contributed by atoms with Crippen LogP contribution in [-0.2, 0) is 0 Å². The first-order chi connectivity index (χ1) is 6.34. The molecule has 2 fully saturated rings. The molecule has 1 saturated carbocycles. The Hall–Kier alpha value is -0.180. The van der Waals surface area contributed by atoms with Crippen molar-refractivity contribution in [2.75, 3.05) is 12.3 Å². The minimum atomic E-state index is 0.626. The average molecular weight is 198 g/mol. The van der Waals surface area contributed by atoms with Gasteiger partial charge >= 0.3 is 0 Å². The van der Waals surface area contributed by atoms with Crippen LogP contribution in [0, 0.1) is 5.92 Å². The van der Waals surface area contributed by atoms with Crippen molar-refractivity contribution in [2.45, 2.75) is 38.6 Å². The van der Waals surface area contributed by atoms with E-state index in [4.69, 9.17) is 0 Å². The zero-order valence-corrected chi connectivity index (χ0v) is 9.07. The highest BCUT2D eigenvalue weighted by Gasteiger charge is 2.20. The summed E-state index contributed by atoms with van der Waals surface area (Å²) in [7, 11) is 0. The fourth-order valence-corrected chi connectivity index (χ4v) is 2.64. The van der Waals surface area contributed by atoms with Gasteiger partial charge in [-0.05, 0) is 25.7 Å². The molecule has 0 aromatic carbocycles. The van der Waals surface area contributed by atoms with Gasteiger partial charge in [-0.25, -0.2) is 0 Å². The highest BCUT2D eigenvalue weighted by molar-refractivity contribution is 8.13. The van der Waals surface area contributed by atoms with E-state index < -0.39 is 0 Å². The van der Waals surface area contributed by atoms with Gasteiger partial charge in [-0.2, -0.15) is 0 Å². The Morgan fingerprint density at radius 1 is 1.46 bits per heavy atom. The molecular weight excluding hydrogens is 180 g/mol. The number of thioether (sulfide) groups is 1. The molecule has 0 amide bonds. The third-order valence-electron chi connectivity index (χ3n) is 2.65. The lowest BCUT2D eigenvalue weighted by atomic mass is 10.3. The maximum absolute atomic E-state index is 4.58. The highest BCUT2D eigenvalue weighted by Crippen LogP contribution is 2.32. The Kier molecular flexibility index (Phi) is 3.14. The molecule has 2 rings (SSSR count). The number of hydrogen-bond donors (Lipinski definition) is 1. The van der Waals surface area contributed by atoms with E-state index in [1.165, 1.54) is 36.6 Å². The first-order valence-electron chi connectivity index (χ1n) is 5.28. The predicted octanol–water partition coefficient (Wildman–Crippen LogP) is 2.26. The van der Waals surface area contributed by atoms with Gasteiger partial charge < -0.3 is 5.32 Å². The number of amidine groups is 1. The molecule has 1 N–H and O–H groups in total. The maximum Gasteiger partial charge on any atom is 0.156 e. The van der Waals surface area contributed by atoms with Crippen molar-refractivity contribution in [1.82, 2.24) is 5.32 Å². The molecular formula is C10H18N2S. The van der Waals surface area contributed by atoms with Gasteiger partial charge in [-0.1, -0.05) is 24.6 Å². The van der Waals surface area contributed by atoms with E-state index in [0.717, 1.165) is 12.5 Å². The van der Waals surface area contributed by atoms with Gasteiger partial charge in [0.2, 0.25) is 0 Å². The van der Waals surface area contributed by atoms with Crippen LogP contribution in [0.15, 0.2) is 4.99 Å². The molecule has 2 aliphatic rings. The van der Waals surface area contributed by atoms with E-state index in [-0.39, 0.29) is 0 Å². The third-order valence-corrected chi connectivity index (χ3v) is 3.61. The third kappa shape index (κ3) is 3.22. The second kappa shape index (κ2) is 4.36. The van der Waals surface area contributed by atoms with Crippen LogP contribution in [0.4, 0.5) is 0 Å². The minimum absolute atomic E-state index is 0.626. The van der Waals surface area contributed by atoms with Gasteiger partial charge in [-0.3, -0.25) is 4.99 Å². The number of hydrogen-bond acceptors (Lipinski definition) is 2. The zero-order chi connectivity index (χ0) is 9.10. The summed E-state index contributed by atoms with van der Waals surface area (Å²) in [5, 5.41) is 4.60. The number of aliphatic imine (C=N–C) groups is 1. The normalized spacial score (nSPS) is 31.8. The van der Waals surface area contributed by atoms with Crippen molar-refractivity contribution in [2.24, 2.45) is 10.9 Å². The number of nitrogens with one attached hydrogen (secondary N) is 1. The van der Waals surface area contributed by atoms with E-state index in [9.17, 15) is 0 Å². The van der Waals surface area contributed by atoms with Gasteiger partial charge in [0.05, 0.1) is 0 Å². The fraction of sp³-hybridized carbons (Fsp3) is 0.900. The van der Waals surface area contributed by atoms with Crippen LogP contribution in [0.25, 0.3) is 0 Å². The summed E-state index contributed by atoms with van der Waals surface area (Å²) < 4.78 is 0. The molecule has 1 heterocycles. The maximum atomic E-state index is 4.58. The molecule has 1 aliphatic heterocycles. The van der Waals surface area contributed by atoms with Crippen molar-refractivity contribution in [1.29, 1.82) is 0 Å². The molecule has 0 spiro atoms. The minimum Gasteiger partial charge on any atom is -0.362 e. The molecule has 74 valence electrons. The highest BCUT2D eigenvalue weighted by atomic mass is 32.2. The van der Waals surface area contributed by atoms with E-state index in [0.29, 0.717) is 6.04 Å². The van der Waals surface area contributed by atoms with Crippen molar-refractivity contribution >= 4 is 16.9 Å². The molecule has 1 saturated heterocycles. The smallest absolute Gasteiger partial charge is 0.156 e. The molecule has 1 atom stereocenters. The summed E-state index contributed by atoms with van der Waals surface area (Å²) in [5.74, 6) is 2.24. The molecule has 0 radical (unpaired) electrons. The van der Waals surface area contributed by atoms with Crippen LogP contribution in [0.5, 0.6) is 0 Å². The van der Waals surface area contributed by atoms with Gasteiger partial charge in [0.25, 0.3) is 0 Å². The lowest BCUT2D eigenvalue weighted by molar-refractivity contribution is 0.640. The molecule has 0 aromatic rings. The van der Waals surface area contributed by atoms with Crippen LogP contribution in [-0.4, -0.2) is 23.5 Å². The van der Waals surface area contributed by atoms with Gasteiger partial charge in [0, 0.05) is 18.3 Å². The Labute approximate surface area is 84.6 Å². The summed E-state index contributed by atoms with van der Waals surface area (Å²) in [5.41, 5.74) is 0. The van der Waals surface area contributed by atoms with Crippen molar-refractivity contribution in [3.8, 4) is 0 Å². The molecule has 3 heteroatoms. The number of rotatable bonds is 3. The lowest BCUT2D eigenvalue weighted by Gasteiger charge is -2.21. The quantitative estimate of drug-likeness (QED) is 0.752. The van der Waals surface area contributed by atoms with E-state index in [1.807, 2.05) is 11.8 Å². The zero-order valence-electron chi connectivity index (χ0n) is 8.25. The van der Waals surface area contributed by atoms with Crippen LogP contribution in [0.2, 0.25) is 0 Å². The summed E-state index contributed by atoms with van der Waals surface area (Å²) in [6.07, 6.45) is 5.47. The molecule has 0 aromatic heterocycles.